The normalized spacial score (nSPS) is 21.3. The molecule has 0 aromatic heterocycles. The topological polar surface area (TPSA) is 90.1 Å². The summed E-state index contributed by atoms with van der Waals surface area (Å²) in [4.78, 5) is 22.2. The third kappa shape index (κ3) is 4.08. The van der Waals surface area contributed by atoms with Crippen molar-refractivity contribution in [3.8, 4) is 11.5 Å². The number of ether oxygens (including phenoxy) is 3. The van der Waals surface area contributed by atoms with Crippen LogP contribution in [0.25, 0.3) is 10.8 Å². The number of carbonyl (C=O) groups excluding carboxylic acids is 1. The van der Waals surface area contributed by atoms with Crippen molar-refractivity contribution in [1.29, 1.82) is 0 Å². The average Bonchev–Trinajstić information content (AvgIpc) is 3.49. The molecule has 132 valence electrons. The zero-order valence-corrected chi connectivity index (χ0v) is 13.5. The summed E-state index contributed by atoms with van der Waals surface area (Å²) in [5.41, 5.74) is 0.567. The molecule has 0 bridgehead atoms. The van der Waals surface area contributed by atoms with Gasteiger partial charge in [0.05, 0.1) is 25.7 Å². The van der Waals surface area contributed by atoms with Gasteiger partial charge in [-0.1, -0.05) is 12.1 Å². The lowest BCUT2D eigenvalue weighted by Crippen LogP contribution is -2.11. The molecule has 4 rings (SSSR count). The van der Waals surface area contributed by atoms with Crippen molar-refractivity contribution in [2.24, 2.45) is 0 Å². The number of hydrogen-bond acceptors (Lipinski definition) is 7. The fraction of sp³-hybridized carbons (Fsp3) is 0.389. The number of phenols is 1. The average molecular weight is 346 g/mol. The fourth-order valence-electron chi connectivity index (χ4n) is 2.55. The number of esters is 1. The Morgan fingerprint density at radius 3 is 2.64 bits per heavy atom. The molecule has 0 radical (unpaired) electrons. The quantitative estimate of drug-likeness (QED) is 0.195. The maximum absolute atomic E-state index is 11.9. The molecule has 7 nitrogen and oxygen atoms in total. The Balaban J connectivity index is 1.51. The SMILES string of the molecule is O=C(CC1CO1)Oc1cccc2c(COOCC3CO3)c(O)ccc12. The molecule has 2 heterocycles. The number of epoxide rings is 2. The largest absolute Gasteiger partial charge is 0.508 e. The van der Waals surface area contributed by atoms with E-state index < -0.39 is 0 Å². The molecule has 7 heteroatoms. The predicted octanol–water partition coefficient (Wildman–Crippen LogP) is 2.09. The lowest BCUT2D eigenvalue weighted by molar-refractivity contribution is -0.305. The van der Waals surface area contributed by atoms with Gasteiger partial charge in [0.25, 0.3) is 0 Å². The Labute approximate surface area is 143 Å². The molecule has 2 fully saturated rings. The fourth-order valence-corrected chi connectivity index (χ4v) is 2.55. The minimum atomic E-state index is -0.339. The third-order valence-electron chi connectivity index (χ3n) is 4.07. The molecule has 2 atom stereocenters. The Morgan fingerprint density at radius 2 is 1.88 bits per heavy atom. The van der Waals surface area contributed by atoms with Crippen molar-refractivity contribution in [3.05, 3.63) is 35.9 Å². The van der Waals surface area contributed by atoms with E-state index in [0.717, 1.165) is 10.8 Å². The van der Waals surface area contributed by atoms with Crippen LogP contribution in [0.15, 0.2) is 30.3 Å². The van der Waals surface area contributed by atoms with Gasteiger partial charge in [-0.15, -0.1) is 0 Å². The van der Waals surface area contributed by atoms with E-state index in [1.165, 1.54) is 0 Å². The van der Waals surface area contributed by atoms with Crippen LogP contribution >= 0.6 is 0 Å². The van der Waals surface area contributed by atoms with Gasteiger partial charge in [-0.05, 0) is 23.6 Å². The molecule has 2 saturated heterocycles. The summed E-state index contributed by atoms with van der Waals surface area (Å²) in [6.07, 6.45) is 0.312. The highest BCUT2D eigenvalue weighted by atomic mass is 17.2. The van der Waals surface area contributed by atoms with Crippen LogP contribution < -0.4 is 4.74 Å². The molecule has 1 N–H and O–H groups in total. The number of benzene rings is 2. The first-order chi connectivity index (χ1) is 12.2. The molecule has 2 aromatic carbocycles. The highest BCUT2D eigenvalue weighted by molar-refractivity contribution is 5.94. The summed E-state index contributed by atoms with van der Waals surface area (Å²) < 4.78 is 15.5. The van der Waals surface area contributed by atoms with E-state index >= 15 is 0 Å². The van der Waals surface area contributed by atoms with Crippen LogP contribution in [-0.4, -0.2) is 43.1 Å². The van der Waals surface area contributed by atoms with Crippen LogP contribution in [0.1, 0.15) is 12.0 Å². The van der Waals surface area contributed by atoms with Crippen molar-refractivity contribution < 1.29 is 33.9 Å². The van der Waals surface area contributed by atoms with Crippen LogP contribution in [0.2, 0.25) is 0 Å². The first kappa shape index (κ1) is 16.3. The van der Waals surface area contributed by atoms with Gasteiger partial charge in [0.15, 0.2) is 0 Å². The van der Waals surface area contributed by atoms with E-state index in [1.807, 2.05) is 6.07 Å². The third-order valence-corrected chi connectivity index (χ3v) is 4.07. The van der Waals surface area contributed by atoms with Crippen LogP contribution in [-0.2, 0) is 30.7 Å². The standard InChI is InChI=1S/C18H18O7/c19-16-5-4-14-13(15(16)10-24-23-9-12-8-22-12)2-1-3-17(14)25-18(20)6-11-7-21-11/h1-5,11-12,19H,6-10H2. The smallest absolute Gasteiger partial charge is 0.313 e. The maximum atomic E-state index is 11.9. The van der Waals surface area contributed by atoms with Gasteiger partial charge in [0.2, 0.25) is 0 Å². The molecular weight excluding hydrogens is 328 g/mol. The van der Waals surface area contributed by atoms with Crippen LogP contribution in [0.4, 0.5) is 0 Å². The van der Waals surface area contributed by atoms with Crippen molar-refractivity contribution in [1.82, 2.24) is 0 Å². The van der Waals surface area contributed by atoms with E-state index in [9.17, 15) is 9.90 Å². The number of carbonyl (C=O) groups is 1. The molecule has 0 aliphatic carbocycles. The highest BCUT2D eigenvalue weighted by Crippen LogP contribution is 2.34. The molecule has 2 aromatic rings. The summed E-state index contributed by atoms with van der Waals surface area (Å²) in [5.74, 6) is 0.193. The van der Waals surface area contributed by atoms with Crippen molar-refractivity contribution in [2.45, 2.75) is 25.2 Å². The minimum Gasteiger partial charge on any atom is -0.508 e. The predicted molar refractivity (Wildman–Crippen MR) is 86.1 cm³/mol. The van der Waals surface area contributed by atoms with Gasteiger partial charge in [-0.3, -0.25) is 4.79 Å². The number of rotatable bonds is 8. The molecule has 0 saturated carbocycles. The van der Waals surface area contributed by atoms with Crippen molar-refractivity contribution in [3.63, 3.8) is 0 Å². The Morgan fingerprint density at radius 1 is 1.08 bits per heavy atom. The Kier molecular flexibility index (Phi) is 4.54. The van der Waals surface area contributed by atoms with Gasteiger partial charge < -0.3 is 19.3 Å². The molecule has 25 heavy (non-hydrogen) atoms. The van der Waals surface area contributed by atoms with Gasteiger partial charge >= 0.3 is 5.97 Å². The van der Waals surface area contributed by atoms with Crippen LogP contribution in [0, 0.1) is 0 Å². The summed E-state index contributed by atoms with van der Waals surface area (Å²) in [6.45, 7) is 1.72. The van der Waals surface area contributed by atoms with Crippen LogP contribution in [0.5, 0.6) is 11.5 Å². The van der Waals surface area contributed by atoms with Gasteiger partial charge in [0, 0.05) is 10.9 Å². The lowest BCUT2D eigenvalue weighted by atomic mass is 10.0. The summed E-state index contributed by atoms with van der Waals surface area (Å²) in [5, 5.41) is 11.6. The van der Waals surface area contributed by atoms with Gasteiger partial charge in [0.1, 0.15) is 30.8 Å². The van der Waals surface area contributed by atoms with Gasteiger partial charge in [-0.25, -0.2) is 9.78 Å². The first-order valence-corrected chi connectivity index (χ1v) is 8.12. The molecule has 2 aliphatic heterocycles. The van der Waals surface area contributed by atoms with E-state index in [1.54, 1.807) is 24.3 Å². The number of fused-ring (bicyclic) bond motifs is 1. The Hall–Kier alpha value is -2.19. The molecular formula is C18H18O7. The minimum absolute atomic E-state index is 0.0249. The van der Waals surface area contributed by atoms with Gasteiger partial charge in [-0.2, -0.15) is 0 Å². The second-order valence-corrected chi connectivity index (χ2v) is 6.05. The molecule has 0 amide bonds. The maximum Gasteiger partial charge on any atom is 0.313 e. The number of aromatic hydroxyl groups is 1. The van der Waals surface area contributed by atoms with E-state index in [-0.39, 0.29) is 37.0 Å². The van der Waals surface area contributed by atoms with E-state index in [0.29, 0.717) is 31.1 Å². The van der Waals surface area contributed by atoms with Crippen molar-refractivity contribution in [2.75, 3.05) is 19.8 Å². The van der Waals surface area contributed by atoms with Crippen LogP contribution in [0.3, 0.4) is 0 Å². The zero-order valence-electron chi connectivity index (χ0n) is 13.5. The lowest BCUT2D eigenvalue weighted by Gasteiger charge is -2.12. The second-order valence-electron chi connectivity index (χ2n) is 6.05. The first-order valence-electron chi connectivity index (χ1n) is 8.12. The monoisotopic (exact) mass is 346 g/mol. The zero-order chi connectivity index (χ0) is 17.2. The summed E-state index contributed by atoms with van der Waals surface area (Å²) in [6, 6.07) is 8.58. The molecule has 2 aliphatic rings. The molecule has 2 unspecified atom stereocenters. The number of hydrogen-bond donors (Lipinski definition) is 1. The number of phenolic OH excluding ortho intramolecular Hbond substituents is 1. The summed E-state index contributed by atoms with van der Waals surface area (Å²) >= 11 is 0. The van der Waals surface area contributed by atoms with E-state index in [2.05, 4.69) is 0 Å². The Bertz CT molecular complexity index is 780. The summed E-state index contributed by atoms with van der Waals surface area (Å²) in [7, 11) is 0. The second kappa shape index (κ2) is 6.97. The van der Waals surface area contributed by atoms with E-state index in [4.69, 9.17) is 24.0 Å². The molecule has 0 spiro atoms. The van der Waals surface area contributed by atoms with Crippen molar-refractivity contribution >= 4 is 16.7 Å². The highest BCUT2D eigenvalue weighted by Gasteiger charge is 2.27.